The molecule has 0 aliphatic carbocycles. The summed E-state index contributed by atoms with van der Waals surface area (Å²) in [7, 11) is 0. The Labute approximate surface area is 116 Å². The molecular formula is C14H14ClNO3. The number of rotatable bonds is 4. The van der Waals surface area contributed by atoms with Crippen LogP contribution in [0.1, 0.15) is 28.0 Å². The minimum absolute atomic E-state index is 0.0882. The molecule has 4 nitrogen and oxygen atoms in total. The summed E-state index contributed by atoms with van der Waals surface area (Å²) in [5.41, 5.74) is 2.02. The van der Waals surface area contributed by atoms with Gasteiger partial charge in [-0.15, -0.1) is 11.6 Å². The van der Waals surface area contributed by atoms with Gasteiger partial charge in [0.25, 0.3) is 5.69 Å². The fourth-order valence-electron chi connectivity index (χ4n) is 2.03. The van der Waals surface area contributed by atoms with E-state index in [0.29, 0.717) is 6.42 Å². The predicted octanol–water partition coefficient (Wildman–Crippen LogP) is 4.33. The monoisotopic (exact) mass is 279 g/mol. The Morgan fingerprint density at radius 2 is 1.95 bits per heavy atom. The zero-order valence-electron chi connectivity index (χ0n) is 10.7. The predicted molar refractivity (Wildman–Crippen MR) is 73.6 cm³/mol. The van der Waals surface area contributed by atoms with Gasteiger partial charge in [0.1, 0.15) is 11.5 Å². The summed E-state index contributed by atoms with van der Waals surface area (Å²) in [5.74, 6) is 1.65. The van der Waals surface area contributed by atoms with Crippen LogP contribution in [0.3, 0.4) is 0 Å². The second kappa shape index (κ2) is 5.45. The molecule has 0 aliphatic heterocycles. The van der Waals surface area contributed by atoms with Crippen molar-refractivity contribution in [1.29, 1.82) is 0 Å². The Hall–Kier alpha value is -1.81. The lowest BCUT2D eigenvalue weighted by molar-refractivity contribution is -0.384. The molecule has 0 fully saturated rings. The van der Waals surface area contributed by atoms with E-state index in [2.05, 4.69) is 0 Å². The number of nitro groups is 1. The molecule has 1 atom stereocenters. The van der Waals surface area contributed by atoms with E-state index in [4.69, 9.17) is 16.0 Å². The second-order valence-corrected chi connectivity index (χ2v) is 4.99. The average molecular weight is 280 g/mol. The van der Waals surface area contributed by atoms with Crippen molar-refractivity contribution in [2.75, 3.05) is 0 Å². The molecule has 100 valence electrons. The Morgan fingerprint density at radius 1 is 1.32 bits per heavy atom. The molecule has 0 amide bonds. The van der Waals surface area contributed by atoms with Crippen LogP contribution >= 0.6 is 11.6 Å². The zero-order valence-corrected chi connectivity index (χ0v) is 11.5. The SMILES string of the molecule is Cc1cc(C(Cl)Cc2ccc([N+](=O)[O-])cc2)c(C)o1. The molecule has 19 heavy (non-hydrogen) atoms. The van der Waals surface area contributed by atoms with Gasteiger partial charge in [0.05, 0.1) is 10.3 Å². The first-order chi connectivity index (χ1) is 8.97. The minimum Gasteiger partial charge on any atom is -0.466 e. The van der Waals surface area contributed by atoms with E-state index < -0.39 is 4.92 Å². The van der Waals surface area contributed by atoms with Crippen molar-refractivity contribution in [2.45, 2.75) is 25.6 Å². The number of nitro benzene ring substituents is 1. The number of benzene rings is 1. The van der Waals surface area contributed by atoms with Gasteiger partial charge in [0.2, 0.25) is 0 Å². The largest absolute Gasteiger partial charge is 0.466 e. The van der Waals surface area contributed by atoms with Crippen LogP contribution in [0.2, 0.25) is 0 Å². The molecular weight excluding hydrogens is 266 g/mol. The van der Waals surface area contributed by atoms with Crippen molar-refractivity contribution < 1.29 is 9.34 Å². The summed E-state index contributed by atoms with van der Waals surface area (Å²) >= 11 is 6.37. The van der Waals surface area contributed by atoms with Gasteiger partial charge in [0.15, 0.2) is 0 Å². The maximum absolute atomic E-state index is 10.6. The molecule has 1 aromatic carbocycles. The van der Waals surface area contributed by atoms with Crippen LogP contribution in [0.25, 0.3) is 0 Å². The lowest BCUT2D eigenvalue weighted by atomic mass is 10.0. The van der Waals surface area contributed by atoms with Crippen molar-refractivity contribution >= 4 is 17.3 Å². The van der Waals surface area contributed by atoms with Gasteiger partial charge < -0.3 is 4.42 Å². The Bertz CT molecular complexity index is 589. The van der Waals surface area contributed by atoms with E-state index in [1.165, 1.54) is 12.1 Å². The Balaban J connectivity index is 2.12. The summed E-state index contributed by atoms with van der Waals surface area (Å²) < 4.78 is 5.45. The molecule has 0 bridgehead atoms. The summed E-state index contributed by atoms with van der Waals surface area (Å²) in [5, 5.41) is 10.4. The fraction of sp³-hybridized carbons (Fsp3) is 0.286. The molecule has 0 N–H and O–H groups in total. The zero-order chi connectivity index (χ0) is 14.0. The maximum atomic E-state index is 10.6. The van der Waals surface area contributed by atoms with Gasteiger partial charge in [0, 0.05) is 17.7 Å². The van der Waals surface area contributed by atoms with E-state index in [1.54, 1.807) is 12.1 Å². The summed E-state index contributed by atoms with van der Waals surface area (Å²) in [4.78, 5) is 10.2. The molecule has 2 rings (SSSR count). The summed E-state index contributed by atoms with van der Waals surface area (Å²) in [6.07, 6.45) is 0.610. The highest BCUT2D eigenvalue weighted by Gasteiger charge is 2.15. The standard InChI is InChI=1S/C14H14ClNO3/c1-9-7-13(10(2)19-9)14(15)8-11-3-5-12(6-4-11)16(17)18/h3-7,14H,8H2,1-2H3. The van der Waals surface area contributed by atoms with E-state index >= 15 is 0 Å². The lowest BCUT2D eigenvalue weighted by Gasteiger charge is -2.08. The van der Waals surface area contributed by atoms with Crippen LogP contribution in [0, 0.1) is 24.0 Å². The van der Waals surface area contributed by atoms with Gasteiger partial charge in [-0.1, -0.05) is 12.1 Å². The minimum atomic E-state index is -0.411. The summed E-state index contributed by atoms with van der Waals surface area (Å²) in [6.45, 7) is 3.76. The normalized spacial score (nSPS) is 12.4. The summed E-state index contributed by atoms with van der Waals surface area (Å²) in [6, 6.07) is 8.38. The van der Waals surface area contributed by atoms with Gasteiger partial charge >= 0.3 is 0 Å². The number of hydrogen-bond donors (Lipinski definition) is 0. The van der Waals surface area contributed by atoms with Crippen LogP contribution < -0.4 is 0 Å². The van der Waals surface area contributed by atoms with E-state index in [1.807, 2.05) is 19.9 Å². The van der Waals surface area contributed by atoms with Crippen molar-refractivity contribution in [1.82, 2.24) is 0 Å². The fourth-order valence-corrected chi connectivity index (χ4v) is 2.43. The number of non-ortho nitro benzene ring substituents is 1. The highest BCUT2D eigenvalue weighted by atomic mass is 35.5. The van der Waals surface area contributed by atoms with Crippen LogP contribution in [-0.4, -0.2) is 4.92 Å². The molecule has 1 heterocycles. The smallest absolute Gasteiger partial charge is 0.269 e. The highest BCUT2D eigenvalue weighted by Crippen LogP contribution is 2.30. The third-order valence-corrected chi connectivity index (χ3v) is 3.37. The lowest BCUT2D eigenvalue weighted by Crippen LogP contribution is -1.96. The molecule has 0 aliphatic rings. The molecule has 0 saturated heterocycles. The second-order valence-electron chi connectivity index (χ2n) is 4.46. The number of furan rings is 1. The van der Waals surface area contributed by atoms with Crippen LogP contribution in [0.15, 0.2) is 34.7 Å². The van der Waals surface area contributed by atoms with Crippen molar-refractivity contribution in [2.24, 2.45) is 0 Å². The Kier molecular flexibility index (Phi) is 3.90. The van der Waals surface area contributed by atoms with Crippen molar-refractivity contribution in [3.8, 4) is 0 Å². The molecule has 0 radical (unpaired) electrons. The van der Waals surface area contributed by atoms with E-state index in [9.17, 15) is 10.1 Å². The highest BCUT2D eigenvalue weighted by molar-refractivity contribution is 6.21. The third kappa shape index (κ3) is 3.15. The van der Waals surface area contributed by atoms with Crippen LogP contribution in [-0.2, 0) is 6.42 Å². The first kappa shape index (κ1) is 13.6. The maximum Gasteiger partial charge on any atom is 0.269 e. The van der Waals surface area contributed by atoms with Crippen LogP contribution in [0.4, 0.5) is 5.69 Å². The van der Waals surface area contributed by atoms with E-state index in [0.717, 1.165) is 22.6 Å². The number of alkyl halides is 1. The first-order valence-electron chi connectivity index (χ1n) is 5.91. The quantitative estimate of drug-likeness (QED) is 0.475. The number of hydrogen-bond acceptors (Lipinski definition) is 3. The molecule has 2 aromatic rings. The number of halogens is 1. The van der Waals surface area contributed by atoms with Gasteiger partial charge in [-0.2, -0.15) is 0 Å². The molecule has 0 saturated carbocycles. The molecule has 5 heteroatoms. The van der Waals surface area contributed by atoms with E-state index in [-0.39, 0.29) is 11.1 Å². The van der Waals surface area contributed by atoms with Crippen LogP contribution in [0.5, 0.6) is 0 Å². The first-order valence-corrected chi connectivity index (χ1v) is 6.35. The number of aryl methyl sites for hydroxylation is 2. The van der Waals surface area contributed by atoms with Gasteiger partial charge in [-0.3, -0.25) is 10.1 Å². The molecule has 1 aromatic heterocycles. The third-order valence-electron chi connectivity index (χ3n) is 2.98. The molecule has 0 spiro atoms. The van der Waals surface area contributed by atoms with Crippen molar-refractivity contribution in [3.05, 3.63) is 63.1 Å². The topological polar surface area (TPSA) is 56.3 Å². The average Bonchev–Trinajstić information content (AvgIpc) is 2.69. The van der Waals surface area contributed by atoms with Gasteiger partial charge in [-0.05, 0) is 31.9 Å². The molecule has 1 unspecified atom stereocenters. The number of nitrogens with zero attached hydrogens (tertiary/aromatic N) is 1. The Morgan fingerprint density at radius 3 is 2.42 bits per heavy atom. The van der Waals surface area contributed by atoms with Gasteiger partial charge in [-0.25, -0.2) is 0 Å². The van der Waals surface area contributed by atoms with Crippen molar-refractivity contribution in [3.63, 3.8) is 0 Å².